The first-order valence-corrected chi connectivity index (χ1v) is 11.9. The van der Waals surface area contributed by atoms with E-state index in [1.165, 1.54) is 23.5 Å². The molecule has 126 valence electrons. The molecule has 7 nitrogen and oxygen atoms in total. The molecule has 0 amide bonds. The Labute approximate surface area is 150 Å². The number of nitrogens with zero attached hydrogens (tertiary/aromatic N) is 3. The molecule has 4 N–H and O–H groups in total. The summed E-state index contributed by atoms with van der Waals surface area (Å²) in [5, 5.41) is 4.27. The monoisotopic (exact) mass is 400 g/mol. The molecule has 0 unspecified atom stereocenters. The molecule has 12 heteroatoms. The quantitative estimate of drug-likeness (QED) is 0.138. The summed E-state index contributed by atoms with van der Waals surface area (Å²) in [5.74, 6) is 3.51. The minimum absolute atomic E-state index is 0.0202. The Morgan fingerprint density at radius 1 is 0.955 bits per heavy atom. The van der Waals surface area contributed by atoms with Gasteiger partial charge in [0, 0.05) is 24.1 Å². The zero-order valence-electron chi connectivity index (χ0n) is 11.8. The first-order valence-electron chi connectivity index (χ1n) is 6.59. The van der Waals surface area contributed by atoms with E-state index < -0.39 is 8.80 Å². The van der Waals surface area contributed by atoms with Gasteiger partial charge in [0.25, 0.3) is 0 Å². The summed E-state index contributed by atoms with van der Waals surface area (Å²) >= 11 is 11.3. The molecule has 0 aliphatic rings. The lowest BCUT2D eigenvalue weighted by Gasteiger charge is -2.10. The summed E-state index contributed by atoms with van der Waals surface area (Å²) < 4.78 is 0. The number of anilines is 1. The Morgan fingerprint density at radius 2 is 1.50 bits per heavy atom. The second kappa shape index (κ2) is 11.0. The predicted molar refractivity (Wildman–Crippen MR) is 99.3 cm³/mol. The van der Waals surface area contributed by atoms with Crippen LogP contribution in [0.5, 0.6) is 0 Å². The molecular formula is C10H20N4O3S4Si. The van der Waals surface area contributed by atoms with Gasteiger partial charge in [-0.2, -0.15) is 40.2 Å². The van der Waals surface area contributed by atoms with Gasteiger partial charge in [-0.3, -0.25) is 0 Å². The minimum Gasteiger partial charge on any atom is -0.390 e. The van der Waals surface area contributed by atoms with Crippen LogP contribution in [0.25, 0.3) is 0 Å². The Kier molecular flexibility index (Phi) is 10.1. The average Bonchev–Trinajstić information content (AvgIpc) is 2.46. The number of rotatable bonds is 11. The van der Waals surface area contributed by atoms with Gasteiger partial charge in [0.15, 0.2) is 10.3 Å². The molecule has 0 saturated carbocycles. The summed E-state index contributed by atoms with van der Waals surface area (Å²) in [6.07, 6.45) is 0.416. The molecule has 1 aromatic heterocycles. The topological polar surface area (TPSA) is 111 Å². The first-order chi connectivity index (χ1) is 10.4. The highest BCUT2D eigenvalue weighted by molar-refractivity contribution is 8.00. The van der Waals surface area contributed by atoms with Crippen LogP contribution in [-0.4, -0.2) is 67.7 Å². The lowest BCUT2D eigenvalue weighted by molar-refractivity contribution is 0.227. The van der Waals surface area contributed by atoms with Crippen LogP contribution in [0.1, 0.15) is 6.42 Å². The maximum Gasteiger partial charge on any atom is 0.492 e. The standard InChI is InChI=1S/C10H20N4O3S4Si/c15-22(16,17)7-1-2-11-8-12-9(20-5-3-18)14-10(13-8)21-6-4-19/h15-19H,1-7H2,(H,11,12,13,14). The molecule has 1 rings (SSSR count). The summed E-state index contributed by atoms with van der Waals surface area (Å²) in [6, 6.07) is -0.0202. The van der Waals surface area contributed by atoms with E-state index in [0.29, 0.717) is 29.2 Å². The van der Waals surface area contributed by atoms with Crippen molar-refractivity contribution < 1.29 is 14.4 Å². The molecule has 0 atom stereocenters. The van der Waals surface area contributed by atoms with Crippen molar-refractivity contribution in [3.05, 3.63) is 0 Å². The van der Waals surface area contributed by atoms with Crippen molar-refractivity contribution in [3.63, 3.8) is 0 Å². The molecule has 0 radical (unpaired) electrons. The lowest BCUT2D eigenvalue weighted by Crippen LogP contribution is -2.34. The lowest BCUT2D eigenvalue weighted by atomic mass is 10.5. The average molecular weight is 401 g/mol. The number of hydrogen-bond donors (Lipinski definition) is 6. The van der Waals surface area contributed by atoms with Gasteiger partial charge in [0.1, 0.15) is 0 Å². The third-order valence-corrected chi connectivity index (χ3v) is 5.99. The van der Waals surface area contributed by atoms with Crippen LogP contribution < -0.4 is 5.32 Å². The second-order valence-corrected chi connectivity index (χ2v) is 9.24. The van der Waals surface area contributed by atoms with Gasteiger partial charge in [0.2, 0.25) is 5.95 Å². The molecule has 0 fully saturated rings. The number of nitrogens with one attached hydrogen (secondary N) is 1. The number of aromatic nitrogens is 3. The molecule has 0 aromatic carbocycles. The zero-order valence-corrected chi connectivity index (χ0v) is 16.3. The normalized spacial score (nSPS) is 11.7. The van der Waals surface area contributed by atoms with Gasteiger partial charge in [-0.25, -0.2) is 0 Å². The smallest absolute Gasteiger partial charge is 0.390 e. The number of hydrogen-bond acceptors (Lipinski definition) is 11. The van der Waals surface area contributed by atoms with Crippen molar-refractivity contribution in [1.29, 1.82) is 0 Å². The maximum atomic E-state index is 8.96. The maximum absolute atomic E-state index is 8.96. The van der Waals surface area contributed by atoms with Gasteiger partial charge in [-0.1, -0.05) is 23.5 Å². The van der Waals surface area contributed by atoms with Crippen molar-refractivity contribution in [2.24, 2.45) is 0 Å². The van der Waals surface area contributed by atoms with Gasteiger partial charge in [-0.05, 0) is 17.9 Å². The van der Waals surface area contributed by atoms with Crippen molar-refractivity contribution in [2.75, 3.05) is 34.9 Å². The molecule has 0 aliphatic carbocycles. The summed E-state index contributed by atoms with van der Waals surface area (Å²) in [7, 11) is -3.97. The van der Waals surface area contributed by atoms with Crippen LogP contribution in [0.15, 0.2) is 10.3 Å². The van der Waals surface area contributed by atoms with E-state index in [0.717, 1.165) is 23.0 Å². The van der Waals surface area contributed by atoms with Crippen LogP contribution in [0, 0.1) is 0 Å². The summed E-state index contributed by atoms with van der Waals surface area (Å²) in [4.78, 5) is 39.8. The fraction of sp³-hybridized carbons (Fsp3) is 0.700. The van der Waals surface area contributed by atoms with Crippen molar-refractivity contribution in [1.82, 2.24) is 15.0 Å². The van der Waals surface area contributed by atoms with Gasteiger partial charge in [0.05, 0.1) is 0 Å². The molecule has 1 aromatic rings. The van der Waals surface area contributed by atoms with Crippen LogP contribution >= 0.6 is 48.8 Å². The minimum atomic E-state index is -3.97. The van der Waals surface area contributed by atoms with Gasteiger partial charge >= 0.3 is 8.80 Å². The van der Waals surface area contributed by atoms with E-state index in [9.17, 15) is 0 Å². The van der Waals surface area contributed by atoms with E-state index >= 15 is 0 Å². The summed E-state index contributed by atoms with van der Waals surface area (Å²) in [5.41, 5.74) is 0. The molecule has 0 aliphatic heterocycles. The predicted octanol–water partition coefficient (Wildman–Crippen LogP) is 0.633. The van der Waals surface area contributed by atoms with Crippen LogP contribution in [0.4, 0.5) is 5.95 Å². The third-order valence-electron chi connectivity index (χ3n) is 2.21. The van der Waals surface area contributed by atoms with Crippen molar-refractivity contribution in [3.8, 4) is 0 Å². The molecule has 0 saturated heterocycles. The number of thioether (sulfide) groups is 2. The SMILES string of the molecule is O[Si](O)(O)CCCNc1nc(SCCS)nc(SCCS)n1. The van der Waals surface area contributed by atoms with Crippen molar-refractivity contribution in [2.45, 2.75) is 22.8 Å². The fourth-order valence-electron chi connectivity index (χ4n) is 1.35. The largest absolute Gasteiger partial charge is 0.492 e. The highest BCUT2D eigenvalue weighted by Gasteiger charge is 2.25. The van der Waals surface area contributed by atoms with E-state index in [4.69, 9.17) is 14.4 Å². The van der Waals surface area contributed by atoms with E-state index in [-0.39, 0.29) is 6.04 Å². The van der Waals surface area contributed by atoms with E-state index in [1.807, 2.05) is 0 Å². The zero-order chi connectivity index (χ0) is 16.4. The molecule has 1 heterocycles. The van der Waals surface area contributed by atoms with Gasteiger partial charge in [-0.15, -0.1) is 0 Å². The van der Waals surface area contributed by atoms with Crippen LogP contribution in [-0.2, 0) is 0 Å². The second-order valence-electron chi connectivity index (χ2n) is 4.17. The Balaban J connectivity index is 2.62. The molecule has 22 heavy (non-hydrogen) atoms. The molecular weight excluding hydrogens is 380 g/mol. The highest BCUT2D eigenvalue weighted by Crippen LogP contribution is 2.20. The van der Waals surface area contributed by atoms with E-state index in [1.54, 1.807) is 0 Å². The Morgan fingerprint density at radius 3 is 1.95 bits per heavy atom. The molecule has 0 bridgehead atoms. The Bertz CT molecular complexity index is 426. The first kappa shape index (κ1) is 20.4. The Hall–Kier alpha value is 0.307. The number of thiol groups is 2. The van der Waals surface area contributed by atoms with Crippen LogP contribution in [0.2, 0.25) is 6.04 Å². The fourth-order valence-corrected chi connectivity index (χ4v) is 3.75. The third kappa shape index (κ3) is 9.45. The van der Waals surface area contributed by atoms with Gasteiger partial charge < -0.3 is 19.7 Å². The molecule has 0 spiro atoms. The summed E-state index contributed by atoms with van der Waals surface area (Å²) in [6.45, 7) is 0.438. The van der Waals surface area contributed by atoms with Crippen molar-refractivity contribution >= 4 is 63.5 Å². The van der Waals surface area contributed by atoms with Crippen LogP contribution in [0.3, 0.4) is 0 Å². The highest BCUT2D eigenvalue weighted by atomic mass is 32.2. The van der Waals surface area contributed by atoms with E-state index in [2.05, 4.69) is 45.5 Å².